The highest BCUT2D eigenvalue weighted by molar-refractivity contribution is 5.76. The molecule has 0 radical (unpaired) electrons. The molecule has 5 aliphatic rings. The molecule has 4 bridgehead atoms. The molecule has 1 atom stereocenters. The number of rotatable bonds is 5. The molecular weight excluding hydrogens is 258 g/mol. The Morgan fingerprint density at radius 1 is 1.10 bits per heavy atom. The summed E-state index contributed by atoms with van der Waals surface area (Å²) in [5, 5.41) is 3.21. The molecular formula is C19H29NO. The fraction of sp³-hybridized carbons (Fsp3) is 0.842. The highest BCUT2D eigenvalue weighted by Gasteiger charge is 2.50. The minimum absolute atomic E-state index is 0.274. The third kappa shape index (κ3) is 2.91. The Hall–Kier alpha value is -0.790. The molecule has 2 nitrogen and oxygen atoms in total. The van der Waals surface area contributed by atoms with Crippen molar-refractivity contribution in [2.75, 3.05) is 6.54 Å². The standard InChI is InChI=1S/C19H29NO/c21-18(10-14-3-1-2-4-14)20-6-5-19-11-15-7-16(12-19)9-17(8-15)13-19/h1,3,14-17H,2,4-13H2,(H,20,21). The van der Waals surface area contributed by atoms with Gasteiger partial charge in [-0.1, -0.05) is 12.2 Å². The summed E-state index contributed by atoms with van der Waals surface area (Å²) < 4.78 is 0. The van der Waals surface area contributed by atoms with Gasteiger partial charge in [-0.15, -0.1) is 0 Å². The lowest BCUT2D eigenvalue weighted by molar-refractivity contribution is -0.122. The number of allylic oxidation sites excluding steroid dienone is 2. The zero-order chi connectivity index (χ0) is 14.3. The molecule has 1 amide bonds. The van der Waals surface area contributed by atoms with Gasteiger partial charge >= 0.3 is 0 Å². The topological polar surface area (TPSA) is 29.1 Å². The second-order valence-electron chi connectivity index (χ2n) is 8.49. The van der Waals surface area contributed by atoms with Gasteiger partial charge in [-0.3, -0.25) is 4.79 Å². The van der Waals surface area contributed by atoms with E-state index in [-0.39, 0.29) is 5.91 Å². The van der Waals surface area contributed by atoms with Crippen LogP contribution in [-0.4, -0.2) is 12.5 Å². The first-order chi connectivity index (χ1) is 10.2. The zero-order valence-electron chi connectivity index (χ0n) is 13.2. The van der Waals surface area contributed by atoms with E-state index in [2.05, 4.69) is 17.5 Å². The van der Waals surface area contributed by atoms with Crippen LogP contribution in [0.4, 0.5) is 0 Å². The van der Waals surface area contributed by atoms with Crippen molar-refractivity contribution in [2.45, 2.75) is 64.2 Å². The average molecular weight is 287 g/mol. The van der Waals surface area contributed by atoms with E-state index in [0.29, 0.717) is 17.8 Å². The molecule has 0 aromatic rings. The number of amides is 1. The minimum atomic E-state index is 0.274. The van der Waals surface area contributed by atoms with Gasteiger partial charge in [0.25, 0.3) is 0 Å². The van der Waals surface area contributed by atoms with Crippen molar-refractivity contribution in [1.82, 2.24) is 5.32 Å². The largest absolute Gasteiger partial charge is 0.356 e. The predicted octanol–water partition coefficient (Wildman–Crippen LogP) is 4.07. The van der Waals surface area contributed by atoms with Crippen LogP contribution in [0.25, 0.3) is 0 Å². The Kier molecular flexibility index (Phi) is 3.59. The zero-order valence-corrected chi connectivity index (χ0v) is 13.2. The molecule has 0 heterocycles. The van der Waals surface area contributed by atoms with Gasteiger partial charge in [0, 0.05) is 13.0 Å². The number of hydrogen-bond donors (Lipinski definition) is 1. The van der Waals surface area contributed by atoms with Crippen molar-refractivity contribution in [2.24, 2.45) is 29.1 Å². The van der Waals surface area contributed by atoms with Gasteiger partial charge in [-0.2, -0.15) is 0 Å². The summed E-state index contributed by atoms with van der Waals surface area (Å²) in [6, 6.07) is 0. The minimum Gasteiger partial charge on any atom is -0.356 e. The second-order valence-corrected chi connectivity index (χ2v) is 8.49. The lowest BCUT2D eigenvalue weighted by Crippen LogP contribution is -2.47. The number of nitrogens with one attached hydrogen (secondary N) is 1. The normalized spacial score (nSPS) is 43.4. The molecule has 0 aliphatic heterocycles. The molecule has 1 unspecified atom stereocenters. The highest BCUT2D eigenvalue weighted by atomic mass is 16.1. The Morgan fingerprint density at radius 3 is 2.33 bits per heavy atom. The third-order valence-electron chi connectivity index (χ3n) is 6.70. The molecule has 116 valence electrons. The van der Waals surface area contributed by atoms with Gasteiger partial charge in [0.15, 0.2) is 0 Å². The summed E-state index contributed by atoms with van der Waals surface area (Å²) >= 11 is 0. The molecule has 5 rings (SSSR count). The average Bonchev–Trinajstić information content (AvgIpc) is 2.89. The van der Waals surface area contributed by atoms with Crippen LogP contribution in [0.15, 0.2) is 12.2 Å². The van der Waals surface area contributed by atoms with Crippen molar-refractivity contribution >= 4 is 5.91 Å². The molecule has 0 aromatic heterocycles. The van der Waals surface area contributed by atoms with Crippen molar-refractivity contribution in [1.29, 1.82) is 0 Å². The first-order valence-corrected chi connectivity index (χ1v) is 9.14. The molecule has 0 saturated heterocycles. The number of hydrogen-bond acceptors (Lipinski definition) is 1. The van der Waals surface area contributed by atoms with E-state index in [1.165, 1.54) is 51.4 Å². The molecule has 1 N–H and O–H groups in total. The van der Waals surface area contributed by atoms with Crippen molar-refractivity contribution in [3.05, 3.63) is 12.2 Å². The van der Waals surface area contributed by atoms with Crippen LogP contribution in [0.5, 0.6) is 0 Å². The number of carbonyl (C=O) groups is 1. The first kappa shape index (κ1) is 13.8. The van der Waals surface area contributed by atoms with E-state index in [9.17, 15) is 4.79 Å². The molecule has 5 aliphatic carbocycles. The molecule has 0 spiro atoms. The summed E-state index contributed by atoms with van der Waals surface area (Å²) in [7, 11) is 0. The van der Waals surface area contributed by atoms with Gasteiger partial charge < -0.3 is 5.32 Å². The highest BCUT2D eigenvalue weighted by Crippen LogP contribution is 2.61. The fourth-order valence-electron chi connectivity index (χ4n) is 6.24. The molecule has 4 fully saturated rings. The van der Waals surface area contributed by atoms with Gasteiger partial charge in [0.1, 0.15) is 0 Å². The van der Waals surface area contributed by atoms with Crippen LogP contribution < -0.4 is 5.32 Å². The van der Waals surface area contributed by atoms with Crippen molar-refractivity contribution in [3.63, 3.8) is 0 Å². The maximum atomic E-state index is 12.0. The molecule has 0 aromatic carbocycles. The Labute approximate surface area is 128 Å². The third-order valence-corrected chi connectivity index (χ3v) is 6.70. The van der Waals surface area contributed by atoms with Crippen LogP contribution in [0.2, 0.25) is 0 Å². The van der Waals surface area contributed by atoms with E-state index in [0.717, 1.165) is 30.7 Å². The number of carbonyl (C=O) groups excluding carboxylic acids is 1. The Bertz CT molecular complexity index is 404. The molecule has 4 saturated carbocycles. The fourth-order valence-corrected chi connectivity index (χ4v) is 6.24. The summed E-state index contributed by atoms with van der Waals surface area (Å²) in [5.74, 6) is 3.85. The van der Waals surface area contributed by atoms with Gasteiger partial charge in [0.05, 0.1) is 0 Å². The molecule has 2 heteroatoms. The summed E-state index contributed by atoms with van der Waals surface area (Å²) in [6.45, 7) is 0.918. The SMILES string of the molecule is O=C(CC1C=CCC1)NCCC12CC3CC(CC(C3)C1)C2. The van der Waals surface area contributed by atoms with E-state index < -0.39 is 0 Å². The van der Waals surface area contributed by atoms with Gasteiger partial charge in [0.2, 0.25) is 5.91 Å². The van der Waals surface area contributed by atoms with E-state index in [1.54, 1.807) is 0 Å². The first-order valence-electron chi connectivity index (χ1n) is 9.14. The second kappa shape index (κ2) is 5.44. The van der Waals surface area contributed by atoms with E-state index in [1.807, 2.05) is 0 Å². The van der Waals surface area contributed by atoms with Crippen LogP contribution in [0.1, 0.15) is 64.2 Å². The van der Waals surface area contributed by atoms with Crippen LogP contribution in [-0.2, 0) is 4.79 Å². The van der Waals surface area contributed by atoms with Crippen LogP contribution in [0, 0.1) is 29.1 Å². The Morgan fingerprint density at radius 2 is 1.76 bits per heavy atom. The smallest absolute Gasteiger partial charge is 0.220 e. The maximum Gasteiger partial charge on any atom is 0.220 e. The Balaban J connectivity index is 1.25. The quantitative estimate of drug-likeness (QED) is 0.759. The van der Waals surface area contributed by atoms with Gasteiger partial charge in [-0.25, -0.2) is 0 Å². The van der Waals surface area contributed by atoms with Gasteiger partial charge in [-0.05, 0) is 86.9 Å². The predicted molar refractivity (Wildman–Crippen MR) is 84.7 cm³/mol. The van der Waals surface area contributed by atoms with Crippen molar-refractivity contribution < 1.29 is 4.79 Å². The van der Waals surface area contributed by atoms with Crippen LogP contribution in [0.3, 0.4) is 0 Å². The molecule has 21 heavy (non-hydrogen) atoms. The lowest BCUT2D eigenvalue weighted by atomic mass is 9.49. The lowest BCUT2D eigenvalue weighted by Gasteiger charge is -2.57. The van der Waals surface area contributed by atoms with Crippen molar-refractivity contribution in [3.8, 4) is 0 Å². The van der Waals surface area contributed by atoms with E-state index >= 15 is 0 Å². The van der Waals surface area contributed by atoms with Crippen LogP contribution >= 0.6 is 0 Å². The van der Waals surface area contributed by atoms with E-state index in [4.69, 9.17) is 0 Å². The summed E-state index contributed by atoms with van der Waals surface area (Å²) in [4.78, 5) is 12.0. The summed E-state index contributed by atoms with van der Waals surface area (Å²) in [5.41, 5.74) is 0.606. The maximum absolute atomic E-state index is 12.0. The monoisotopic (exact) mass is 287 g/mol. The summed E-state index contributed by atoms with van der Waals surface area (Å²) in [6.07, 6.45) is 17.6.